The summed E-state index contributed by atoms with van der Waals surface area (Å²) in [6, 6.07) is 5.72. The number of nitrogens with zero attached hydrogens (tertiary/aromatic N) is 1. The number of fused-ring (bicyclic) bond motifs is 1. The molecule has 0 saturated heterocycles. The minimum absolute atomic E-state index is 0.175. The van der Waals surface area contributed by atoms with Crippen LogP contribution >= 0.6 is 0 Å². The van der Waals surface area contributed by atoms with Gasteiger partial charge in [-0.1, -0.05) is 17.3 Å². The molecule has 4 nitrogen and oxygen atoms in total. The van der Waals surface area contributed by atoms with E-state index in [0.717, 1.165) is 0 Å². The lowest BCUT2D eigenvalue weighted by Crippen LogP contribution is -2.53. The predicted molar refractivity (Wildman–Crippen MR) is 51.0 cm³/mol. The highest BCUT2D eigenvalue weighted by Crippen LogP contribution is 2.41. The van der Waals surface area contributed by atoms with Crippen LogP contribution in [0.5, 0.6) is 5.75 Å². The van der Waals surface area contributed by atoms with E-state index in [1.165, 1.54) is 18.2 Å². The Labute approximate surface area is 93.9 Å². The molecule has 0 aromatic heterocycles. The fourth-order valence-electron chi connectivity index (χ4n) is 1.58. The summed E-state index contributed by atoms with van der Waals surface area (Å²) in [5.41, 5.74) is -0.0457. The molecule has 1 aromatic carbocycles. The Bertz CT molecular complexity index is 472. The molecule has 1 atom stereocenters. The van der Waals surface area contributed by atoms with E-state index in [2.05, 4.69) is 9.89 Å². The zero-order chi connectivity index (χ0) is 12.7. The summed E-state index contributed by atoms with van der Waals surface area (Å²) in [6.07, 6.45) is -5.93. The molecule has 2 rings (SSSR count). The number of ether oxygens (including phenoxy) is 1. The van der Waals surface area contributed by atoms with Crippen LogP contribution in [0.4, 0.5) is 13.2 Å². The molecular formula is C10H8F3NO3. The first-order valence-corrected chi connectivity index (χ1v) is 4.66. The Kier molecular flexibility index (Phi) is 2.50. The summed E-state index contributed by atoms with van der Waals surface area (Å²) in [7, 11) is 0. The van der Waals surface area contributed by atoms with Crippen LogP contribution in [0.25, 0.3) is 0 Å². The fourth-order valence-corrected chi connectivity index (χ4v) is 1.58. The standard InChI is InChI=1S/C10H8F3NO3/c11-10(12,13)9(15)5-7(14-16)6-3-1-2-4-8(6)17-9/h1-4,15-16H,5H2/t9-/m0/s1. The van der Waals surface area contributed by atoms with E-state index in [4.69, 9.17) is 5.21 Å². The lowest BCUT2D eigenvalue weighted by Gasteiger charge is -2.35. The topological polar surface area (TPSA) is 62.1 Å². The molecule has 0 bridgehead atoms. The van der Waals surface area contributed by atoms with Crippen molar-refractivity contribution in [1.29, 1.82) is 0 Å². The van der Waals surface area contributed by atoms with Crippen molar-refractivity contribution in [2.45, 2.75) is 18.4 Å². The van der Waals surface area contributed by atoms with Gasteiger partial charge in [0.2, 0.25) is 0 Å². The summed E-state index contributed by atoms with van der Waals surface area (Å²) >= 11 is 0. The van der Waals surface area contributed by atoms with Crippen molar-refractivity contribution in [3.05, 3.63) is 29.8 Å². The van der Waals surface area contributed by atoms with Gasteiger partial charge in [0.15, 0.2) is 0 Å². The van der Waals surface area contributed by atoms with Crippen LogP contribution in [0.15, 0.2) is 29.4 Å². The number of para-hydroxylation sites is 1. The van der Waals surface area contributed by atoms with Crippen LogP contribution in [0.2, 0.25) is 0 Å². The molecule has 0 amide bonds. The van der Waals surface area contributed by atoms with Gasteiger partial charge in [-0.2, -0.15) is 13.2 Å². The van der Waals surface area contributed by atoms with E-state index in [1.807, 2.05) is 0 Å². The van der Waals surface area contributed by atoms with Crippen molar-refractivity contribution < 1.29 is 28.2 Å². The fraction of sp³-hybridized carbons (Fsp3) is 0.300. The van der Waals surface area contributed by atoms with Crippen LogP contribution in [0, 0.1) is 0 Å². The van der Waals surface area contributed by atoms with E-state index in [9.17, 15) is 18.3 Å². The highest BCUT2D eigenvalue weighted by atomic mass is 19.4. The first kappa shape index (κ1) is 11.7. The van der Waals surface area contributed by atoms with E-state index in [0.29, 0.717) is 0 Å². The molecule has 0 spiro atoms. The third kappa shape index (κ3) is 1.82. The average molecular weight is 247 g/mol. The van der Waals surface area contributed by atoms with Crippen molar-refractivity contribution in [1.82, 2.24) is 0 Å². The molecule has 7 heteroatoms. The van der Waals surface area contributed by atoms with Crippen LogP contribution in [0.3, 0.4) is 0 Å². The van der Waals surface area contributed by atoms with Gasteiger partial charge < -0.3 is 15.1 Å². The highest BCUT2D eigenvalue weighted by molar-refractivity contribution is 6.03. The number of hydrogen-bond acceptors (Lipinski definition) is 4. The zero-order valence-electron chi connectivity index (χ0n) is 8.40. The molecule has 1 heterocycles. The molecule has 92 valence electrons. The maximum atomic E-state index is 12.6. The third-order valence-corrected chi connectivity index (χ3v) is 2.45. The zero-order valence-corrected chi connectivity index (χ0v) is 8.40. The molecule has 0 saturated carbocycles. The first-order valence-electron chi connectivity index (χ1n) is 4.66. The van der Waals surface area contributed by atoms with Gasteiger partial charge in [-0.15, -0.1) is 0 Å². The number of hydrogen-bond donors (Lipinski definition) is 2. The monoisotopic (exact) mass is 247 g/mol. The minimum Gasteiger partial charge on any atom is -0.452 e. The van der Waals surface area contributed by atoms with Crippen molar-refractivity contribution in [2.24, 2.45) is 5.16 Å². The molecule has 1 aromatic rings. The SMILES string of the molecule is ON=C1C[C@@](O)(C(F)(F)F)Oc2ccccc21. The molecule has 1 aliphatic heterocycles. The van der Waals surface area contributed by atoms with Gasteiger partial charge in [-0.25, -0.2) is 0 Å². The second-order valence-electron chi connectivity index (χ2n) is 3.60. The van der Waals surface area contributed by atoms with E-state index in [1.54, 1.807) is 6.07 Å². The van der Waals surface area contributed by atoms with Gasteiger partial charge in [0.1, 0.15) is 5.75 Å². The molecule has 0 aliphatic carbocycles. The van der Waals surface area contributed by atoms with E-state index < -0.39 is 18.4 Å². The number of alkyl halides is 3. The highest BCUT2D eigenvalue weighted by Gasteiger charge is 2.59. The average Bonchev–Trinajstić information content (AvgIpc) is 2.26. The normalized spacial score (nSPS) is 26.5. The Morgan fingerprint density at radius 2 is 1.94 bits per heavy atom. The van der Waals surface area contributed by atoms with E-state index >= 15 is 0 Å². The maximum Gasteiger partial charge on any atom is 0.455 e. The number of aliphatic hydroxyl groups is 1. The molecular weight excluding hydrogens is 239 g/mol. The predicted octanol–water partition coefficient (Wildman–Crippen LogP) is 1.90. The summed E-state index contributed by atoms with van der Waals surface area (Å²) in [5.74, 6) is -3.53. The van der Waals surface area contributed by atoms with Crippen molar-refractivity contribution in [2.75, 3.05) is 0 Å². The van der Waals surface area contributed by atoms with Gasteiger partial charge in [0, 0.05) is 5.56 Å². The lowest BCUT2D eigenvalue weighted by atomic mass is 9.97. The van der Waals surface area contributed by atoms with Gasteiger partial charge in [0.05, 0.1) is 12.1 Å². The van der Waals surface area contributed by atoms with Crippen molar-refractivity contribution in [3.63, 3.8) is 0 Å². The molecule has 17 heavy (non-hydrogen) atoms. The maximum absolute atomic E-state index is 12.6. The van der Waals surface area contributed by atoms with Crippen molar-refractivity contribution in [3.8, 4) is 5.75 Å². The minimum atomic E-state index is -4.98. The Morgan fingerprint density at radius 3 is 2.53 bits per heavy atom. The van der Waals surface area contributed by atoms with Crippen LogP contribution in [-0.2, 0) is 0 Å². The van der Waals surface area contributed by atoms with Gasteiger partial charge >= 0.3 is 12.0 Å². The third-order valence-electron chi connectivity index (χ3n) is 2.45. The van der Waals surface area contributed by atoms with Crippen LogP contribution in [-0.4, -0.2) is 28.0 Å². The summed E-state index contributed by atoms with van der Waals surface area (Å²) in [5, 5.41) is 20.9. The number of halogens is 3. The summed E-state index contributed by atoms with van der Waals surface area (Å²) in [6.45, 7) is 0. The Balaban J connectivity index is 2.51. The molecule has 0 radical (unpaired) electrons. The molecule has 2 N–H and O–H groups in total. The number of oxime groups is 1. The van der Waals surface area contributed by atoms with Crippen LogP contribution in [0.1, 0.15) is 12.0 Å². The largest absolute Gasteiger partial charge is 0.455 e. The van der Waals surface area contributed by atoms with Gasteiger partial charge in [-0.3, -0.25) is 0 Å². The van der Waals surface area contributed by atoms with Crippen LogP contribution < -0.4 is 4.74 Å². The number of rotatable bonds is 0. The molecule has 0 unspecified atom stereocenters. The number of benzene rings is 1. The molecule has 1 aliphatic rings. The van der Waals surface area contributed by atoms with E-state index in [-0.39, 0.29) is 17.0 Å². The first-order chi connectivity index (χ1) is 7.87. The molecule has 0 fully saturated rings. The quantitative estimate of drug-likeness (QED) is 0.543. The van der Waals surface area contributed by atoms with Crippen molar-refractivity contribution >= 4 is 5.71 Å². The van der Waals surface area contributed by atoms with Gasteiger partial charge in [0.25, 0.3) is 0 Å². The summed E-state index contributed by atoms with van der Waals surface area (Å²) < 4.78 is 42.4. The Morgan fingerprint density at radius 1 is 1.29 bits per heavy atom. The smallest absolute Gasteiger partial charge is 0.452 e. The second kappa shape index (κ2) is 3.63. The Hall–Kier alpha value is -1.76. The second-order valence-corrected chi connectivity index (χ2v) is 3.60. The summed E-state index contributed by atoms with van der Waals surface area (Å²) in [4.78, 5) is 0. The lowest BCUT2D eigenvalue weighted by molar-refractivity contribution is -0.333. The van der Waals surface area contributed by atoms with Gasteiger partial charge in [-0.05, 0) is 12.1 Å².